The van der Waals surface area contributed by atoms with E-state index in [0.29, 0.717) is 50.9 Å². The summed E-state index contributed by atoms with van der Waals surface area (Å²) in [6.07, 6.45) is 2.45. The Labute approximate surface area is 254 Å². The maximum atomic E-state index is 13.1. The molecule has 13 heteroatoms. The van der Waals surface area contributed by atoms with Crippen molar-refractivity contribution in [2.45, 2.75) is 51.5 Å². The van der Waals surface area contributed by atoms with Gasteiger partial charge in [-0.3, -0.25) is 39.0 Å². The van der Waals surface area contributed by atoms with Crippen molar-refractivity contribution in [2.75, 3.05) is 43.7 Å². The summed E-state index contributed by atoms with van der Waals surface area (Å²) < 4.78 is 16.7. The van der Waals surface area contributed by atoms with E-state index in [1.165, 1.54) is 13.0 Å². The van der Waals surface area contributed by atoms with Crippen molar-refractivity contribution in [1.82, 2.24) is 10.2 Å². The number of hydrogen-bond acceptors (Lipinski definition) is 9. The van der Waals surface area contributed by atoms with Gasteiger partial charge >= 0.3 is 0 Å². The van der Waals surface area contributed by atoms with Gasteiger partial charge in [0.2, 0.25) is 23.6 Å². The minimum Gasteiger partial charge on any atom is -0.491 e. The fraction of sp³-hybridized carbons (Fsp3) is 0.419. The minimum atomic E-state index is -1.07. The number of nitrogens with zero attached hydrogens (tertiary/aromatic N) is 1. The molecule has 4 rings (SSSR count). The Hall–Kier alpha value is -4.62. The van der Waals surface area contributed by atoms with Crippen molar-refractivity contribution in [3.8, 4) is 5.75 Å². The monoisotopic (exact) mass is 608 g/mol. The lowest BCUT2D eigenvalue weighted by Crippen LogP contribution is -2.54. The van der Waals surface area contributed by atoms with Gasteiger partial charge in [-0.25, -0.2) is 0 Å². The van der Waals surface area contributed by atoms with Gasteiger partial charge in [0.25, 0.3) is 11.8 Å². The van der Waals surface area contributed by atoms with E-state index in [4.69, 9.17) is 14.2 Å². The number of unbranched alkanes of at least 4 members (excludes halogenated alkanes) is 2. The van der Waals surface area contributed by atoms with Crippen LogP contribution in [-0.2, 0) is 28.7 Å². The molecule has 1 fully saturated rings. The van der Waals surface area contributed by atoms with Crippen molar-refractivity contribution in [3.63, 3.8) is 0 Å². The number of carbonyl (C=O) groups excluding carboxylic acids is 6. The number of ether oxygens (including phenoxy) is 3. The number of amides is 6. The van der Waals surface area contributed by atoms with E-state index in [2.05, 4.69) is 16.0 Å². The summed E-state index contributed by atoms with van der Waals surface area (Å²) in [4.78, 5) is 74.3. The second-order valence-corrected chi connectivity index (χ2v) is 10.3. The lowest BCUT2D eigenvalue weighted by Gasteiger charge is -2.27. The van der Waals surface area contributed by atoms with Crippen LogP contribution in [0.3, 0.4) is 0 Å². The maximum Gasteiger partial charge on any atom is 0.264 e. The molecule has 0 radical (unpaired) electrons. The summed E-state index contributed by atoms with van der Waals surface area (Å²) in [6.45, 7) is 3.64. The Kier molecular flexibility index (Phi) is 11.5. The second kappa shape index (κ2) is 15.7. The van der Waals surface area contributed by atoms with Gasteiger partial charge in [-0.1, -0.05) is 12.5 Å². The summed E-state index contributed by atoms with van der Waals surface area (Å²) in [6, 6.07) is 10.6. The normalized spacial score (nSPS) is 16.0. The van der Waals surface area contributed by atoms with E-state index < -0.39 is 29.7 Å². The third kappa shape index (κ3) is 8.71. The molecule has 2 aromatic rings. The average molecular weight is 609 g/mol. The van der Waals surface area contributed by atoms with E-state index in [9.17, 15) is 28.8 Å². The third-order valence-electron chi connectivity index (χ3n) is 6.98. The largest absolute Gasteiger partial charge is 0.491 e. The van der Waals surface area contributed by atoms with Crippen molar-refractivity contribution < 1.29 is 43.0 Å². The molecule has 44 heavy (non-hydrogen) atoms. The Morgan fingerprint density at radius 2 is 1.59 bits per heavy atom. The van der Waals surface area contributed by atoms with E-state index in [1.54, 1.807) is 36.4 Å². The minimum absolute atomic E-state index is 0.0297. The number of rotatable bonds is 16. The lowest BCUT2D eigenvalue weighted by atomic mass is 10.0. The molecule has 0 bridgehead atoms. The molecule has 2 aliphatic heterocycles. The highest BCUT2D eigenvalue weighted by molar-refractivity contribution is 6.26. The predicted molar refractivity (Wildman–Crippen MR) is 158 cm³/mol. The lowest BCUT2D eigenvalue weighted by molar-refractivity contribution is -0.136. The number of fused-ring (bicyclic) bond motifs is 1. The number of anilines is 2. The highest BCUT2D eigenvalue weighted by Gasteiger charge is 2.45. The first-order valence-corrected chi connectivity index (χ1v) is 14.5. The number of carbonyl (C=O) groups is 6. The topological polar surface area (TPSA) is 169 Å². The summed E-state index contributed by atoms with van der Waals surface area (Å²) in [5, 5.41) is 7.58. The molecular formula is C31H36N4O9. The second-order valence-electron chi connectivity index (χ2n) is 10.3. The fourth-order valence-electron chi connectivity index (χ4n) is 4.88. The fourth-order valence-corrected chi connectivity index (χ4v) is 4.88. The molecule has 3 N–H and O–H groups in total. The number of benzene rings is 2. The van der Waals surface area contributed by atoms with E-state index >= 15 is 0 Å². The molecule has 2 aromatic carbocycles. The van der Waals surface area contributed by atoms with Crippen molar-refractivity contribution in [3.05, 3.63) is 53.6 Å². The Morgan fingerprint density at radius 1 is 0.864 bits per heavy atom. The number of hydrogen-bond donors (Lipinski definition) is 3. The molecule has 13 nitrogen and oxygen atoms in total. The Bertz CT molecular complexity index is 1390. The van der Waals surface area contributed by atoms with Crippen LogP contribution in [0.1, 0.15) is 66.2 Å². The van der Waals surface area contributed by atoms with E-state index in [-0.39, 0.29) is 47.9 Å². The zero-order chi connectivity index (χ0) is 31.5. The molecule has 2 aliphatic rings. The van der Waals surface area contributed by atoms with Crippen LogP contribution in [0.15, 0.2) is 42.5 Å². The van der Waals surface area contributed by atoms with E-state index in [0.717, 1.165) is 17.7 Å². The summed E-state index contributed by atoms with van der Waals surface area (Å²) in [5.41, 5.74) is 1.08. The smallest absolute Gasteiger partial charge is 0.264 e. The van der Waals surface area contributed by atoms with Crippen molar-refractivity contribution in [2.24, 2.45) is 0 Å². The summed E-state index contributed by atoms with van der Waals surface area (Å²) >= 11 is 0. The zero-order valence-corrected chi connectivity index (χ0v) is 24.5. The van der Waals surface area contributed by atoms with Crippen LogP contribution in [0.2, 0.25) is 0 Å². The third-order valence-corrected chi connectivity index (χ3v) is 6.98. The molecule has 1 atom stereocenters. The number of imide groups is 2. The highest BCUT2D eigenvalue weighted by atomic mass is 16.5. The van der Waals surface area contributed by atoms with Crippen LogP contribution in [0.25, 0.3) is 0 Å². The van der Waals surface area contributed by atoms with Crippen molar-refractivity contribution in [1.29, 1.82) is 0 Å². The molecule has 2 heterocycles. The van der Waals surface area contributed by atoms with Gasteiger partial charge in [0.15, 0.2) is 0 Å². The van der Waals surface area contributed by atoms with E-state index in [1.807, 2.05) is 0 Å². The molecular weight excluding hydrogens is 572 g/mol. The van der Waals surface area contributed by atoms with Gasteiger partial charge in [-0.2, -0.15) is 0 Å². The molecule has 1 saturated heterocycles. The first kappa shape index (κ1) is 32.3. The average Bonchev–Trinajstić information content (AvgIpc) is 3.24. The summed E-state index contributed by atoms with van der Waals surface area (Å²) in [5.74, 6) is -2.17. The molecule has 0 aromatic heterocycles. The first-order chi connectivity index (χ1) is 21.2. The quantitative estimate of drug-likeness (QED) is 0.192. The van der Waals surface area contributed by atoms with Gasteiger partial charge in [-0.15, -0.1) is 0 Å². The molecule has 0 saturated carbocycles. The number of piperidine rings is 1. The highest BCUT2D eigenvalue weighted by Crippen LogP contribution is 2.32. The maximum absolute atomic E-state index is 13.1. The van der Waals surface area contributed by atoms with Crippen LogP contribution in [0.4, 0.5) is 11.4 Å². The molecule has 1 unspecified atom stereocenters. The van der Waals surface area contributed by atoms with Gasteiger partial charge in [0.1, 0.15) is 18.4 Å². The van der Waals surface area contributed by atoms with Crippen LogP contribution in [0.5, 0.6) is 5.75 Å². The molecule has 234 valence electrons. The van der Waals surface area contributed by atoms with Gasteiger partial charge in [-0.05, 0) is 55.7 Å². The van der Waals surface area contributed by atoms with Crippen LogP contribution >= 0.6 is 0 Å². The standard InChI is InChI=1S/C31H36N4O9/c1-20(36)32-21-9-11-22(12-10-21)44-19-18-43-17-16-42-15-4-2-3-8-26(37)33-24-7-5-6-23-28(24)31(41)35(30(23)40)25-13-14-27(38)34-29(25)39/h5-7,9-12,25H,2-4,8,13-19H2,1H3,(H,32,36)(H,33,37)(H,34,38,39). The summed E-state index contributed by atoms with van der Waals surface area (Å²) in [7, 11) is 0. The number of nitrogens with one attached hydrogen (secondary N) is 3. The SMILES string of the molecule is CC(=O)Nc1ccc(OCCOCCOCCCCCC(=O)Nc2cccc3c2C(=O)N(C2CCC(=O)NC2=O)C3=O)cc1. The molecule has 6 amide bonds. The van der Waals surface area contributed by atoms with Crippen LogP contribution in [0, 0.1) is 0 Å². The van der Waals surface area contributed by atoms with Gasteiger partial charge in [0, 0.05) is 32.1 Å². The zero-order valence-electron chi connectivity index (χ0n) is 24.5. The Morgan fingerprint density at radius 3 is 2.32 bits per heavy atom. The molecule has 0 spiro atoms. The first-order valence-electron chi connectivity index (χ1n) is 14.5. The van der Waals surface area contributed by atoms with Crippen molar-refractivity contribution >= 4 is 46.8 Å². The predicted octanol–water partition coefficient (Wildman–Crippen LogP) is 2.66. The van der Waals surface area contributed by atoms with Gasteiger partial charge < -0.3 is 24.8 Å². The van der Waals surface area contributed by atoms with Crippen LogP contribution < -0.4 is 20.7 Å². The Balaban J connectivity index is 1.06. The van der Waals surface area contributed by atoms with Gasteiger partial charge in [0.05, 0.1) is 36.6 Å². The van der Waals surface area contributed by atoms with Crippen LogP contribution in [-0.4, -0.2) is 79.4 Å². The molecule has 0 aliphatic carbocycles.